The number of rotatable bonds is 3. The van der Waals surface area contributed by atoms with Crippen molar-refractivity contribution in [3.63, 3.8) is 0 Å². The molecule has 0 saturated heterocycles. The second-order valence-electron chi connectivity index (χ2n) is 6.02. The second-order valence-corrected chi connectivity index (χ2v) is 6.45. The van der Waals surface area contributed by atoms with Crippen molar-refractivity contribution < 1.29 is 13.5 Å². The first-order valence-corrected chi connectivity index (χ1v) is 8.46. The number of nitrogens with zero attached hydrogens (tertiary/aromatic N) is 2. The molecule has 0 fully saturated rings. The van der Waals surface area contributed by atoms with Crippen LogP contribution in [0.2, 0.25) is 0 Å². The van der Waals surface area contributed by atoms with Crippen molar-refractivity contribution in [1.82, 2.24) is 9.97 Å². The number of aromatic nitrogens is 2. The van der Waals surface area contributed by atoms with E-state index in [1.807, 2.05) is 0 Å². The molecule has 0 saturated carbocycles. The lowest BCUT2D eigenvalue weighted by molar-refractivity contribution is 0.143. The number of nitrogen functional groups attached to an aromatic ring is 1. The van der Waals surface area contributed by atoms with E-state index in [0.29, 0.717) is 21.6 Å². The second kappa shape index (κ2) is 6.68. The molecule has 0 radical (unpaired) electrons. The number of benzene rings is 2. The number of ether oxygens (including phenoxy) is 1. The SMILES string of the molecule is COC1C=CC(Cl)=CN1c1ccc(F)c(-c2ccc3nc(N)[nH]c3c2)c1F. The highest BCUT2D eigenvalue weighted by atomic mass is 35.5. The van der Waals surface area contributed by atoms with Crippen LogP contribution in [0.25, 0.3) is 22.2 Å². The average Bonchev–Trinajstić information content (AvgIpc) is 3.01. The maximum Gasteiger partial charge on any atom is 0.198 e. The summed E-state index contributed by atoms with van der Waals surface area (Å²) >= 11 is 6.05. The molecule has 1 aromatic heterocycles. The highest BCUT2D eigenvalue weighted by Gasteiger charge is 2.24. The Morgan fingerprint density at radius 1 is 1.26 bits per heavy atom. The van der Waals surface area contributed by atoms with Crippen molar-refractivity contribution >= 4 is 34.3 Å². The first-order chi connectivity index (χ1) is 13.0. The fourth-order valence-corrected chi connectivity index (χ4v) is 3.28. The van der Waals surface area contributed by atoms with Gasteiger partial charge in [0.05, 0.1) is 27.3 Å². The van der Waals surface area contributed by atoms with Gasteiger partial charge in [-0.25, -0.2) is 13.8 Å². The molecular weight excluding hydrogens is 374 g/mol. The van der Waals surface area contributed by atoms with E-state index in [0.717, 1.165) is 0 Å². The van der Waals surface area contributed by atoms with Crippen LogP contribution in [-0.2, 0) is 4.74 Å². The Morgan fingerprint density at radius 2 is 2.07 bits per heavy atom. The maximum absolute atomic E-state index is 15.4. The lowest BCUT2D eigenvalue weighted by atomic mass is 10.0. The quantitative estimate of drug-likeness (QED) is 0.692. The summed E-state index contributed by atoms with van der Waals surface area (Å²) < 4.78 is 35.3. The Morgan fingerprint density at radius 3 is 2.85 bits per heavy atom. The third-order valence-electron chi connectivity index (χ3n) is 4.34. The monoisotopic (exact) mass is 388 g/mol. The molecule has 1 aliphatic heterocycles. The Bertz CT molecular complexity index is 1090. The Labute approximate surface area is 158 Å². The van der Waals surface area contributed by atoms with Crippen LogP contribution in [0.15, 0.2) is 53.7 Å². The molecule has 1 unspecified atom stereocenters. The zero-order chi connectivity index (χ0) is 19.1. The van der Waals surface area contributed by atoms with Gasteiger partial charge in [0.2, 0.25) is 0 Å². The standard InChI is InChI=1S/C19H15ClF2N4O/c1-27-16-7-3-11(20)9-26(16)15-6-4-12(21)17(18(15)22)10-2-5-13-14(8-10)25-19(23)24-13/h2-9,16H,1H3,(H3,23,24,25). The Kier molecular flexibility index (Phi) is 4.33. The van der Waals surface area contributed by atoms with Gasteiger partial charge in [-0.1, -0.05) is 17.7 Å². The largest absolute Gasteiger partial charge is 0.369 e. The highest BCUT2D eigenvalue weighted by molar-refractivity contribution is 6.31. The van der Waals surface area contributed by atoms with E-state index in [9.17, 15) is 4.39 Å². The summed E-state index contributed by atoms with van der Waals surface area (Å²) in [4.78, 5) is 8.46. The number of H-pyrrole nitrogens is 1. The third-order valence-corrected chi connectivity index (χ3v) is 4.56. The third kappa shape index (κ3) is 3.05. The van der Waals surface area contributed by atoms with Crippen molar-refractivity contribution in [2.24, 2.45) is 0 Å². The molecule has 4 rings (SSSR count). The van der Waals surface area contributed by atoms with Crippen LogP contribution < -0.4 is 10.6 Å². The zero-order valence-electron chi connectivity index (χ0n) is 14.2. The fraction of sp³-hybridized carbons (Fsp3) is 0.105. The molecule has 3 N–H and O–H groups in total. The first kappa shape index (κ1) is 17.5. The number of aromatic amines is 1. The van der Waals surface area contributed by atoms with E-state index < -0.39 is 17.9 Å². The number of nitrogens with one attached hydrogen (secondary N) is 1. The molecule has 0 spiro atoms. The van der Waals surface area contributed by atoms with Gasteiger partial charge in [-0.15, -0.1) is 0 Å². The average molecular weight is 389 g/mol. The number of hydrogen-bond acceptors (Lipinski definition) is 4. The van der Waals surface area contributed by atoms with Crippen LogP contribution in [0, 0.1) is 11.6 Å². The summed E-state index contributed by atoms with van der Waals surface area (Å²) in [6, 6.07) is 7.43. The summed E-state index contributed by atoms with van der Waals surface area (Å²) in [6.45, 7) is 0. The predicted octanol–water partition coefficient (Wildman–Crippen LogP) is 4.52. The Hall–Kier alpha value is -2.90. The van der Waals surface area contributed by atoms with Crippen LogP contribution in [-0.4, -0.2) is 23.3 Å². The lowest BCUT2D eigenvalue weighted by Crippen LogP contribution is -2.33. The van der Waals surface area contributed by atoms with Crippen molar-refractivity contribution in [3.8, 4) is 11.1 Å². The van der Waals surface area contributed by atoms with Crippen LogP contribution >= 0.6 is 11.6 Å². The molecule has 0 amide bonds. The van der Waals surface area contributed by atoms with Gasteiger partial charge in [0.25, 0.3) is 0 Å². The maximum atomic E-state index is 15.4. The molecular formula is C19H15ClF2N4O. The molecule has 5 nitrogen and oxygen atoms in total. The van der Waals surface area contributed by atoms with Gasteiger partial charge in [-0.3, -0.25) is 0 Å². The summed E-state index contributed by atoms with van der Waals surface area (Å²) in [5.74, 6) is -1.17. The van der Waals surface area contributed by atoms with Gasteiger partial charge in [0.15, 0.2) is 18.0 Å². The smallest absolute Gasteiger partial charge is 0.198 e. The van der Waals surface area contributed by atoms with Gasteiger partial charge >= 0.3 is 0 Å². The zero-order valence-corrected chi connectivity index (χ0v) is 15.0. The fourth-order valence-electron chi connectivity index (χ4n) is 3.11. The van der Waals surface area contributed by atoms with Crippen LogP contribution in [0.3, 0.4) is 0 Å². The number of fused-ring (bicyclic) bond motifs is 1. The van der Waals surface area contributed by atoms with Crippen LogP contribution in [0.1, 0.15) is 0 Å². The Balaban J connectivity index is 1.86. The van der Waals surface area contributed by atoms with Crippen molar-refractivity contribution in [2.45, 2.75) is 6.23 Å². The number of halogens is 3. The lowest BCUT2D eigenvalue weighted by Gasteiger charge is -2.30. The van der Waals surface area contributed by atoms with Gasteiger partial charge in [-0.05, 0) is 42.0 Å². The minimum Gasteiger partial charge on any atom is -0.369 e. The first-order valence-electron chi connectivity index (χ1n) is 8.08. The van der Waals surface area contributed by atoms with Gasteiger partial charge in [-0.2, -0.15) is 0 Å². The number of allylic oxidation sites excluding steroid dienone is 2. The summed E-state index contributed by atoms with van der Waals surface area (Å²) in [6.07, 6.45) is 4.32. The van der Waals surface area contributed by atoms with Gasteiger partial charge in [0.1, 0.15) is 5.82 Å². The van der Waals surface area contributed by atoms with Crippen molar-refractivity contribution in [1.29, 1.82) is 0 Å². The van der Waals surface area contributed by atoms with Gasteiger partial charge < -0.3 is 20.4 Å². The molecule has 0 aliphatic carbocycles. The summed E-state index contributed by atoms with van der Waals surface area (Å²) in [5, 5.41) is 0.405. The number of nitrogens with two attached hydrogens (primary N) is 1. The normalized spacial score (nSPS) is 16.8. The summed E-state index contributed by atoms with van der Waals surface area (Å²) in [7, 11) is 1.49. The van der Waals surface area contributed by atoms with Crippen LogP contribution in [0.4, 0.5) is 20.4 Å². The number of methoxy groups -OCH3 is 1. The number of hydrogen-bond donors (Lipinski definition) is 2. The van der Waals surface area contributed by atoms with E-state index in [2.05, 4.69) is 9.97 Å². The minimum absolute atomic E-state index is 0.143. The molecule has 0 bridgehead atoms. The van der Waals surface area contributed by atoms with E-state index in [1.165, 1.54) is 30.3 Å². The molecule has 2 heterocycles. The van der Waals surface area contributed by atoms with E-state index in [1.54, 1.807) is 30.4 Å². The van der Waals surface area contributed by atoms with Crippen molar-refractivity contribution in [2.75, 3.05) is 17.7 Å². The number of imidazole rings is 1. The molecule has 8 heteroatoms. The van der Waals surface area contributed by atoms with Crippen molar-refractivity contribution in [3.05, 3.63) is 65.4 Å². The predicted molar refractivity (Wildman–Crippen MR) is 102 cm³/mol. The molecule has 1 aliphatic rings. The number of anilines is 2. The minimum atomic E-state index is -0.722. The highest BCUT2D eigenvalue weighted by Crippen LogP contribution is 2.36. The van der Waals surface area contributed by atoms with Crippen LogP contribution in [0.5, 0.6) is 0 Å². The van der Waals surface area contributed by atoms with E-state index in [-0.39, 0.29) is 17.2 Å². The van der Waals surface area contributed by atoms with E-state index >= 15 is 4.39 Å². The molecule has 138 valence electrons. The molecule has 27 heavy (non-hydrogen) atoms. The molecule has 2 aromatic carbocycles. The van der Waals surface area contributed by atoms with E-state index in [4.69, 9.17) is 22.1 Å². The van der Waals surface area contributed by atoms with Gasteiger partial charge in [0, 0.05) is 13.3 Å². The molecule has 1 atom stereocenters. The summed E-state index contributed by atoms with van der Waals surface area (Å²) in [5.41, 5.74) is 7.20. The molecule has 3 aromatic rings. The topological polar surface area (TPSA) is 67.2 Å².